The molecule has 0 radical (unpaired) electrons. The Morgan fingerprint density at radius 1 is 0.947 bits per heavy atom. The van der Waals surface area contributed by atoms with Crippen LogP contribution in [0.25, 0.3) is 10.9 Å². The van der Waals surface area contributed by atoms with E-state index in [0.29, 0.717) is 5.52 Å². The highest BCUT2D eigenvalue weighted by Gasteiger charge is 2.32. The zero-order valence-corrected chi connectivity index (χ0v) is 11.4. The van der Waals surface area contributed by atoms with Crippen molar-refractivity contribution in [2.24, 2.45) is 0 Å². The van der Waals surface area contributed by atoms with E-state index in [1.54, 1.807) is 6.07 Å². The summed E-state index contributed by atoms with van der Waals surface area (Å²) in [6.07, 6.45) is -4.40. The third-order valence-corrected chi connectivity index (χ3v) is 3.12. The van der Waals surface area contributed by atoms with Crippen molar-refractivity contribution in [3.8, 4) is 0 Å². The highest BCUT2D eigenvalue weighted by molar-refractivity contribution is 5.84. The minimum absolute atomic E-state index is 0.134. The molecule has 1 aromatic heterocycles. The van der Waals surface area contributed by atoms with E-state index in [4.69, 9.17) is 0 Å². The van der Waals surface area contributed by atoms with Gasteiger partial charge in [0.25, 0.3) is 0 Å². The van der Waals surface area contributed by atoms with Gasteiger partial charge in [0, 0.05) is 5.39 Å². The quantitative estimate of drug-likeness (QED) is 0.664. The number of rotatable bonds is 0. The number of hydrogen-bond acceptors (Lipinski definition) is 1. The second-order valence-corrected chi connectivity index (χ2v) is 5.77. The largest absolute Gasteiger partial charge is 0.433 e. The SMILES string of the molecule is Cc1ccc2nc(C(F)(F)F)ccc2c1C(C)(C)C. The Kier molecular flexibility index (Phi) is 3.07. The summed E-state index contributed by atoms with van der Waals surface area (Å²) < 4.78 is 38.0. The van der Waals surface area contributed by atoms with Crippen molar-refractivity contribution in [3.63, 3.8) is 0 Å². The molecule has 19 heavy (non-hydrogen) atoms. The van der Waals surface area contributed by atoms with Crippen LogP contribution in [0.2, 0.25) is 0 Å². The first-order chi connectivity index (χ1) is 8.60. The molecule has 2 rings (SSSR count). The first-order valence-corrected chi connectivity index (χ1v) is 6.09. The second kappa shape index (κ2) is 4.22. The van der Waals surface area contributed by atoms with Crippen molar-refractivity contribution in [1.82, 2.24) is 4.98 Å². The monoisotopic (exact) mass is 267 g/mol. The third-order valence-electron chi connectivity index (χ3n) is 3.12. The minimum atomic E-state index is -4.40. The number of aromatic nitrogens is 1. The minimum Gasteiger partial charge on any atom is -0.243 e. The first kappa shape index (κ1) is 13.8. The van der Waals surface area contributed by atoms with Crippen molar-refractivity contribution in [1.29, 1.82) is 0 Å². The molecule has 0 bridgehead atoms. The van der Waals surface area contributed by atoms with E-state index in [-0.39, 0.29) is 5.41 Å². The summed E-state index contributed by atoms with van der Waals surface area (Å²) in [7, 11) is 0. The molecule has 0 unspecified atom stereocenters. The summed E-state index contributed by atoms with van der Waals surface area (Å²) in [5.74, 6) is 0. The molecular weight excluding hydrogens is 251 g/mol. The topological polar surface area (TPSA) is 12.9 Å². The fourth-order valence-electron chi connectivity index (χ4n) is 2.47. The highest BCUT2D eigenvalue weighted by Crippen LogP contribution is 2.34. The molecule has 0 fully saturated rings. The van der Waals surface area contributed by atoms with Gasteiger partial charge in [0.05, 0.1) is 5.52 Å². The summed E-state index contributed by atoms with van der Waals surface area (Å²) >= 11 is 0. The summed E-state index contributed by atoms with van der Waals surface area (Å²) in [6.45, 7) is 8.11. The average Bonchev–Trinajstić information content (AvgIpc) is 2.25. The normalized spacial score (nSPS) is 13.0. The van der Waals surface area contributed by atoms with Crippen LogP contribution in [0.1, 0.15) is 37.6 Å². The summed E-state index contributed by atoms with van der Waals surface area (Å²) in [5, 5.41) is 0.792. The number of nitrogens with zero attached hydrogens (tertiary/aromatic N) is 1. The van der Waals surface area contributed by atoms with Crippen molar-refractivity contribution in [2.45, 2.75) is 39.3 Å². The van der Waals surface area contributed by atoms with Crippen LogP contribution < -0.4 is 0 Å². The highest BCUT2D eigenvalue weighted by atomic mass is 19.4. The number of alkyl halides is 3. The molecule has 0 atom stereocenters. The Morgan fingerprint density at radius 3 is 2.11 bits per heavy atom. The Morgan fingerprint density at radius 2 is 1.58 bits per heavy atom. The smallest absolute Gasteiger partial charge is 0.243 e. The van der Waals surface area contributed by atoms with Crippen LogP contribution in [0.3, 0.4) is 0 Å². The van der Waals surface area contributed by atoms with Crippen LogP contribution in [0, 0.1) is 6.92 Å². The maximum atomic E-state index is 12.7. The van der Waals surface area contributed by atoms with Gasteiger partial charge in [0.1, 0.15) is 5.69 Å². The molecule has 1 nitrogen and oxygen atoms in total. The molecule has 4 heteroatoms. The molecule has 0 saturated heterocycles. The van der Waals surface area contributed by atoms with Gasteiger partial charge in [0.2, 0.25) is 0 Å². The summed E-state index contributed by atoms with van der Waals surface area (Å²) in [4.78, 5) is 3.74. The number of hydrogen-bond donors (Lipinski definition) is 0. The van der Waals surface area contributed by atoms with Gasteiger partial charge in [-0.25, -0.2) is 4.98 Å². The first-order valence-electron chi connectivity index (χ1n) is 6.09. The zero-order chi connectivity index (χ0) is 14.4. The molecule has 0 aliphatic rings. The second-order valence-electron chi connectivity index (χ2n) is 5.77. The van der Waals surface area contributed by atoms with E-state index in [9.17, 15) is 13.2 Å². The molecule has 2 aromatic rings. The van der Waals surface area contributed by atoms with Crippen LogP contribution in [-0.2, 0) is 11.6 Å². The van der Waals surface area contributed by atoms with Crippen LogP contribution in [0.15, 0.2) is 24.3 Å². The standard InChI is InChI=1S/C15H16F3N/c1-9-5-7-11-10(13(9)14(2,3)4)6-8-12(19-11)15(16,17)18/h5-8H,1-4H3. The van der Waals surface area contributed by atoms with E-state index in [0.717, 1.165) is 22.6 Å². The van der Waals surface area contributed by atoms with Gasteiger partial charge < -0.3 is 0 Å². The van der Waals surface area contributed by atoms with E-state index >= 15 is 0 Å². The van der Waals surface area contributed by atoms with Gasteiger partial charge in [-0.2, -0.15) is 13.2 Å². The predicted octanol–water partition coefficient (Wildman–Crippen LogP) is 4.86. The number of pyridine rings is 1. The summed E-state index contributed by atoms with van der Waals surface area (Å²) in [6, 6.07) is 6.06. The van der Waals surface area contributed by atoms with Gasteiger partial charge in [-0.1, -0.05) is 32.9 Å². The molecule has 1 heterocycles. The third kappa shape index (κ3) is 2.57. The van der Waals surface area contributed by atoms with E-state index < -0.39 is 11.9 Å². The van der Waals surface area contributed by atoms with Gasteiger partial charge >= 0.3 is 6.18 Å². The average molecular weight is 267 g/mol. The lowest BCUT2D eigenvalue weighted by Gasteiger charge is -2.24. The van der Waals surface area contributed by atoms with Crippen molar-refractivity contribution in [2.75, 3.05) is 0 Å². The van der Waals surface area contributed by atoms with E-state index in [1.165, 1.54) is 6.07 Å². The molecule has 1 aromatic carbocycles. The lowest BCUT2D eigenvalue weighted by molar-refractivity contribution is -0.140. The Labute approximate surface area is 110 Å². The van der Waals surface area contributed by atoms with E-state index in [1.807, 2.05) is 33.8 Å². The lowest BCUT2D eigenvalue weighted by Crippen LogP contribution is -2.15. The fourth-order valence-corrected chi connectivity index (χ4v) is 2.47. The Bertz CT molecular complexity index is 622. The molecule has 0 N–H and O–H groups in total. The molecule has 0 spiro atoms. The zero-order valence-electron chi connectivity index (χ0n) is 11.4. The van der Waals surface area contributed by atoms with E-state index in [2.05, 4.69) is 4.98 Å². The van der Waals surface area contributed by atoms with Crippen molar-refractivity contribution >= 4 is 10.9 Å². The number of fused-ring (bicyclic) bond motifs is 1. The van der Waals surface area contributed by atoms with Crippen molar-refractivity contribution < 1.29 is 13.2 Å². The molecule has 0 aliphatic heterocycles. The number of halogens is 3. The van der Waals surface area contributed by atoms with Crippen LogP contribution >= 0.6 is 0 Å². The van der Waals surface area contributed by atoms with Crippen LogP contribution in [0.4, 0.5) is 13.2 Å². The van der Waals surface area contributed by atoms with Gasteiger partial charge in [-0.3, -0.25) is 0 Å². The van der Waals surface area contributed by atoms with Gasteiger partial charge in [-0.15, -0.1) is 0 Å². The van der Waals surface area contributed by atoms with Crippen molar-refractivity contribution in [3.05, 3.63) is 41.1 Å². The van der Waals surface area contributed by atoms with Crippen LogP contribution in [-0.4, -0.2) is 4.98 Å². The predicted molar refractivity (Wildman–Crippen MR) is 70.2 cm³/mol. The molecule has 102 valence electrons. The number of aryl methyl sites for hydroxylation is 1. The maximum Gasteiger partial charge on any atom is 0.433 e. The Hall–Kier alpha value is -1.58. The lowest BCUT2D eigenvalue weighted by atomic mass is 9.81. The van der Waals surface area contributed by atoms with Gasteiger partial charge in [-0.05, 0) is 35.6 Å². The molecule has 0 saturated carbocycles. The van der Waals surface area contributed by atoms with Gasteiger partial charge in [0.15, 0.2) is 0 Å². The fraction of sp³-hybridized carbons (Fsp3) is 0.400. The number of benzene rings is 1. The van der Waals surface area contributed by atoms with Crippen LogP contribution in [0.5, 0.6) is 0 Å². The summed E-state index contributed by atoms with van der Waals surface area (Å²) in [5.41, 5.74) is 1.53. The molecule has 0 amide bonds. The maximum absolute atomic E-state index is 12.7. The Balaban J connectivity index is 2.76. The molecular formula is C15H16F3N. The molecule has 0 aliphatic carbocycles.